The molecule has 0 amide bonds. The maximum absolute atomic E-state index is 14.5. The van der Waals surface area contributed by atoms with Gasteiger partial charge in [-0.15, -0.1) is 0 Å². The summed E-state index contributed by atoms with van der Waals surface area (Å²) in [7, 11) is 2.86. The number of rotatable bonds is 12. The van der Waals surface area contributed by atoms with E-state index in [1.165, 1.54) is 68.8 Å². The van der Waals surface area contributed by atoms with E-state index in [0.717, 1.165) is 0 Å². The summed E-state index contributed by atoms with van der Waals surface area (Å²) < 4.78 is 70.7. The van der Waals surface area contributed by atoms with Crippen LogP contribution in [-0.2, 0) is 12.7 Å². The maximum Gasteiger partial charge on any atom is 0.453 e. The Morgan fingerprint density at radius 1 is 0.891 bits per heavy atom. The first kappa shape index (κ1) is 34.6. The Kier molecular flexibility index (Phi) is 10.9. The minimum atomic E-state index is -5.10. The second kappa shape index (κ2) is 14.5. The van der Waals surface area contributed by atoms with Crippen molar-refractivity contribution in [1.82, 2.24) is 4.90 Å². The fourth-order valence-corrected chi connectivity index (χ4v) is 5.13. The highest BCUT2D eigenvalue weighted by Crippen LogP contribution is 2.41. The van der Waals surface area contributed by atoms with Crippen molar-refractivity contribution < 1.29 is 41.3 Å². The molecule has 0 N–H and O–H groups in total. The van der Waals surface area contributed by atoms with Crippen molar-refractivity contribution in [2.75, 3.05) is 27.3 Å². The predicted molar refractivity (Wildman–Crippen MR) is 168 cm³/mol. The monoisotopic (exact) mass is 661 g/mol. The molecule has 0 saturated heterocycles. The number of benzene rings is 3. The lowest BCUT2D eigenvalue weighted by Crippen LogP contribution is -2.31. The fourth-order valence-electron chi connectivity index (χ4n) is 5.01. The number of hydrogen-bond donors (Lipinski definition) is 0. The lowest BCUT2D eigenvalue weighted by Gasteiger charge is -2.27. The molecule has 1 heterocycles. The third-order valence-electron chi connectivity index (χ3n) is 6.82. The molecule has 1 aromatic heterocycles. The van der Waals surface area contributed by atoms with Crippen molar-refractivity contribution in [1.29, 1.82) is 0 Å². The Bertz CT molecular complexity index is 1740. The van der Waals surface area contributed by atoms with Crippen molar-refractivity contribution >= 4 is 28.5 Å². The van der Waals surface area contributed by atoms with Crippen LogP contribution in [0.25, 0.3) is 11.0 Å². The van der Waals surface area contributed by atoms with Gasteiger partial charge >= 0.3 is 12.1 Å². The molecule has 246 valence electrons. The summed E-state index contributed by atoms with van der Waals surface area (Å²) in [6.45, 7) is 9.22. The normalized spacial score (nSPS) is 11.8. The molecule has 12 heteroatoms. The summed E-state index contributed by atoms with van der Waals surface area (Å²) in [6.07, 6.45) is -5.10. The average molecular weight is 662 g/mol. The standard InChI is InChI=1S/C34H35ClF3NO7/c1-19(2)16-39(17-20(3)4)18-25-26(45-33(41)21-7-13-27(42-5)28(15-21)43-6)14-12-24-29(40)31(32(34(36,37)38)46-30(24)25)44-23-10-8-22(35)9-11-23/h7-15,19-20H,16-18H2,1-6H3. The molecule has 0 aliphatic rings. The topological polar surface area (TPSA) is 87.4 Å². The molecular weight excluding hydrogens is 627 g/mol. The van der Waals surface area contributed by atoms with E-state index in [1.54, 1.807) is 0 Å². The van der Waals surface area contributed by atoms with Gasteiger partial charge in [0.25, 0.3) is 5.76 Å². The maximum atomic E-state index is 14.5. The van der Waals surface area contributed by atoms with Gasteiger partial charge in [0.15, 0.2) is 11.5 Å². The van der Waals surface area contributed by atoms with Crippen molar-refractivity contribution in [3.05, 3.63) is 86.7 Å². The highest BCUT2D eigenvalue weighted by Gasteiger charge is 2.41. The van der Waals surface area contributed by atoms with Gasteiger partial charge in [0, 0.05) is 24.7 Å². The number of methoxy groups -OCH3 is 2. The zero-order valence-electron chi connectivity index (χ0n) is 26.3. The highest BCUT2D eigenvalue weighted by atomic mass is 35.5. The van der Waals surface area contributed by atoms with E-state index >= 15 is 0 Å². The van der Waals surface area contributed by atoms with E-state index in [2.05, 4.69) is 0 Å². The fraction of sp³-hybridized carbons (Fsp3) is 0.353. The Balaban J connectivity index is 1.92. The predicted octanol–water partition coefficient (Wildman–Crippen LogP) is 8.61. The molecule has 4 rings (SSSR count). The Hall–Kier alpha value is -4.22. The van der Waals surface area contributed by atoms with Crippen LogP contribution >= 0.6 is 11.6 Å². The molecular formula is C34H35ClF3NO7. The van der Waals surface area contributed by atoms with Crippen molar-refractivity contribution in [2.24, 2.45) is 11.8 Å². The Morgan fingerprint density at radius 3 is 2.07 bits per heavy atom. The van der Waals surface area contributed by atoms with Crippen LogP contribution < -0.4 is 24.4 Å². The van der Waals surface area contributed by atoms with Gasteiger partial charge in [-0.3, -0.25) is 9.69 Å². The van der Waals surface area contributed by atoms with Crippen LogP contribution in [-0.4, -0.2) is 38.2 Å². The lowest BCUT2D eigenvalue weighted by atomic mass is 10.1. The van der Waals surface area contributed by atoms with Crippen LogP contribution in [0.1, 0.15) is 49.4 Å². The van der Waals surface area contributed by atoms with Gasteiger partial charge in [-0.2, -0.15) is 13.2 Å². The lowest BCUT2D eigenvalue weighted by molar-refractivity contribution is -0.154. The van der Waals surface area contributed by atoms with Crippen molar-refractivity contribution in [3.63, 3.8) is 0 Å². The van der Waals surface area contributed by atoms with E-state index in [9.17, 15) is 22.8 Å². The number of esters is 1. The van der Waals surface area contributed by atoms with E-state index in [1.807, 2.05) is 32.6 Å². The summed E-state index contributed by atoms with van der Waals surface area (Å²) in [5.41, 5.74) is -1.19. The van der Waals surface area contributed by atoms with Crippen LogP contribution in [0.15, 0.2) is 63.8 Å². The minimum Gasteiger partial charge on any atom is -0.493 e. The Morgan fingerprint density at radius 2 is 1.50 bits per heavy atom. The molecule has 0 aliphatic heterocycles. The zero-order valence-corrected chi connectivity index (χ0v) is 27.0. The number of carbonyl (C=O) groups excluding carboxylic acids is 1. The van der Waals surface area contributed by atoms with Gasteiger partial charge in [-0.25, -0.2) is 4.79 Å². The zero-order chi connectivity index (χ0) is 33.8. The quantitative estimate of drug-likeness (QED) is 0.110. The molecule has 4 aromatic rings. The third kappa shape index (κ3) is 8.13. The van der Waals surface area contributed by atoms with Crippen LogP contribution in [0.5, 0.6) is 28.7 Å². The molecule has 46 heavy (non-hydrogen) atoms. The average Bonchev–Trinajstić information content (AvgIpc) is 2.98. The van der Waals surface area contributed by atoms with Gasteiger partial charge in [-0.1, -0.05) is 39.3 Å². The molecule has 0 fully saturated rings. The summed E-state index contributed by atoms with van der Waals surface area (Å²) in [5.74, 6) is -2.48. The molecule has 0 saturated carbocycles. The van der Waals surface area contributed by atoms with Crippen LogP contribution in [0.2, 0.25) is 5.02 Å². The Labute approximate surface area is 269 Å². The molecule has 0 spiro atoms. The number of nitrogens with zero attached hydrogens (tertiary/aromatic N) is 1. The minimum absolute atomic E-state index is 0.0277. The summed E-state index contributed by atoms with van der Waals surface area (Å²) >= 11 is 5.90. The molecule has 8 nitrogen and oxygen atoms in total. The molecule has 0 unspecified atom stereocenters. The number of alkyl halides is 3. The van der Waals surface area contributed by atoms with Crippen molar-refractivity contribution in [3.8, 4) is 28.7 Å². The molecule has 0 atom stereocenters. The van der Waals surface area contributed by atoms with Gasteiger partial charge in [-0.05, 0) is 66.4 Å². The number of ether oxygens (including phenoxy) is 4. The van der Waals surface area contributed by atoms with Gasteiger partial charge in [0.2, 0.25) is 11.2 Å². The van der Waals surface area contributed by atoms with E-state index < -0.39 is 29.1 Å². The van der Waals surface area contributed by atoms with E-state index in [-0.39, 0.29) is 57.7 Å². The first-order chi connectivity index (χ1) is 21.7. The summed E-state index contributed by atoms with van der Waals surface area (Å²) in [6, 6.07) is 12.6. The van der Waals surface area contributed by atoms with Crippen molar-refractivity contribution in [2.45, 2.75) is 40.4 Å². The van der Waals surface area contributed by atoms with E-state index in [0.29, 0.717) is 23.9 Å². The number of carbonyl (C=O) groups is 1. The van der Waals surface area contributed by atoms with Gasteiger partial charge < -0.3 is 23.4 Å². The molecule has 3 aromatic carbocycles. The van der Waals surface area contributed by atoms with Crippen LogP contribution in [0, 0.1) is 11.8 Å². The van der Waals surface area contributed by atoms with E-state index in [4.69, 9.17) is 35.0 Å². The van der Waals surface area contributed by atoms with Gasteiger partial charge in [0.1, 0.15) is 17.1 Å². The SMILES string of the molecule is COc1ccc(C(=O)Oc2ccc3c(=O)c(Oc4ccc(Cl)cc4)c(C(F)(F)F)oc3c2CN(CC(C)C)CC(C)C)cc1OC. The molecule has 0 radical (unpaired) electrons. The van der Waals surface area contributed by atoms with Crippen LogP contribution in [0.4, 0.5) is 13.2 Å². The third-order valence-corrected chi connectivity index (χ3v) is 7.07. The largest absolute Gasteiger partial charge is 0.493 e. The number of halogens is 4. The van der Waals surface area contributed by atoms with Gasteiger partial charge in [0.05, 0.1) is 30.7 Å². The second-order valence-electron chi connectivity index (χ2n) is 11.5. The first-order valence-electron chi connectivity index (χ1n) is 14.5. The summed E-state index contributed by atoms with van der Waals surface area (Å²) in [5, 5.41) is 0.160. The van der Waals surface area contributed by atoms with Crippen LogP contribution in [0.3, 0.4) is 0 Å². The highest BCUT2D eigenvalue weighted by molar-refractivity contribution is 6.30. The number of hydrogen-bond acceptors (Lipinski definition) is 8. The molecule has 0 bridgehead atoms. The first-order valence-corrected chi connectivity index (χ1v) is 14.9. The second-order valence-corrected chi connectivity index (χ2v) is 11.9. The molecule has 0 aliphatic carbocycles. The number of fused-ring (bicyclic) bond motifs is 1. The summed E-state index contributed by atoms with van der Waals surface area (Å²) in [4.78, 5) is 29.1. The smallest absolute Gasteiger partial charge is 0.453 e.